The summed E-state index contributed by atoms with van der Waals surface area (Å²) >= 11 is 0. The Morgan fingerprint density at radius 2 is 1.67 bits per heavy atom. The first-order valence-electron chi connectivity index (χ1n) is 6.73. The number of ether oxygens (including phenoxy) is 2. The highest BCUT2D eigenvalue weighted by Crippen LogP contribution is 2.34. The first kappa shape index (κ1) is 15.3. The van der Waals surface area contributed by atoms with Crippen molar-refractivity contribution in [2.45, 2.75) is 13.3 Å². The van der Waals surface area contributed by atoms with Crippen molar-refractivity contribution < 1.29 is 18.3 Å². The maximum Gasteiger partial charge on any atom is 0.198 e. The topological polar surface area (TPSA) is 44.5 Å². The van der Waals surface area contributed by atoms with Crippen LogP contribution in [0.1, 0.15) is 12.5 Å². The zero-order valence-electron chi connectivity index (χ0n) is 11.7. The maximum atomic E-state index is 14.0. The number of hydrogen-bond donors (Lipinski definition) is 1. The lowest BCUT2D eigenvalue weighted by molar-refractivity contribution is 0.315. The predicted octanol–water partition coefficient (Wildman–Crippen LogP) is 3.66. The van der Waals surface area contributed by atoms with Crippen molar-refractivity contribution in [2.24, 2.45) is 5.73 Å². The summed E-state index contributed by atoms with van der Waals surface area (Å²) in [5, 5.41) is 0. The van der Waals surface area contributed by atoms with Crippen LogP contribution in [0.2, 0.25) is 0 Å². The second-order valence-corrected chi connectivity index (χ2v) is 4.41. The molecule has 0 aliphatic carbocycles. The number of nitrogens with two attached hydrogens (primary N) is 1. The van der Waals surface area contributed by atoms with Crippen molar-refractivity contribution in [3.05, 3.63) is 53.6 Å². The molecule has 2 aromatic carbocycles. The van der Waals surface area contributed by atoms with Crippen molar-refractivity contribution in [1.82, 2.24) is 0 Å². The Morgan fingerprint density at radius 1 is 1.05 bits per heavy atom. The van der Waals surface area contributed by atoms with Gasteiger partial charge in [-0.3, -0.25) is 0 Å². The van der Waals surface area contributed by atoms with E-state index in [0.29, 0.717) is 30.9 Å². The van der Waals surface area contributed by atoms with Gasteiger partial charge >= 0.3 is 0 Å². The summed E-state index contributed by atoms with van der Waals surface area (Å²) in [7, 11) is 0. The van der Waals surface area contributed by atoms with Crippen LogP contribution < -0.4 is 15.2 Å². The molecule has 0 radical (unpaired) electrons. The van der Waals surface area contributed by atoms with Crippen LogP contribution in [-0.2, 0) is 6.42 Å². The van der Waals surface area contributed by atoms with Gasteiger partial charge in [0.15, 0.2) is 28.9 Å². The fraction of sp³-hybridized carbons (Fsp3) is 0.250. The second-order valence-electron chi connectivity index (χ2n) is 4.41. The van der Waals surface area contributed by atoms with Crippen LogP contribution in [0, 0.1) is 11.6 Å². The Labute approximate surface area is 122 Å². The molecule has 112 valence electrons. The molecule has 0 aliphatic rings. The zero-order chi connectivity index (χ0) is 15.2. The minimum absolute atomic E-state index is 0.267. The molecule has 0 spiro atoms. The van der Waals surface area contributed by atoms with Crippen LogP contribution in [0.4, 0.5) is 8.78 Å². The van der Waals surface area contributed by atoms with Gasteiger partial charge in [0.2, 0.25) is 0 Å². The maximum absolute atomic E-state index is 14.0. The summed E-state index contributed by atoms with van der Waals surface area (Å²) in [5.41, 5.74) is 5.88. The van der Waals surface area contributed by atoms with E-state index in [1.165, 1.54) is 12.1 Å². The van der Waals surface area contributed by atoms with Crippen LogP contribution in [0.15, 0.2) is 36.4 Å². The molecular formula is C16H17F2NO2. The van der Waals surface area contributed by atoms with Gasteiger partial charge in [0.25, 0.3) is 0 Å². The highest BCUT2D eigenvalue weighted by molar-refractivity contribution is 5.44. The summed E-state index contributed by atoms with van der Waals surface area (Å²) in [6, 6.07) is 9.20. The van der Waals surface area contributed by atoms with Gasteiger partial charge in [-0.05, 0) is 49.7 Å². The molecule has 2 aromatic rings. The molecular weight excluding hydrogens is 276 g/mol. The Bertz CT molecular complexity index is 594. The molecule has 0 aliphatic heterocycles. The van der Waals surface area contributed by atoms with E-state index in [2.05, 4.69) is 0 Å². The van der Waals surface area contributed by atoms with E-state index < -0.39 is 17.4 Å². The van der Waals surface area contributed by atoms with Crippen LogP contribution >= 0.6 is 0 Å². The number of halogens is 2. The number of para-hydroxylation sites is 2. The summed E-state index contributed by atoms with van der Waals surface area (Å²) in [6.45, 7) is 2.58. The van der Waals surface area contributed by atoms with Gasteiger partial charge in [0.05, 0.1) is 6.61 Å². The summed E-state index contributed by atoms with van der Waals surface area (Å²) in [6.07, 6.45) is 0.406. The number of hydrogen-bond acceptors (Lipinski definition) is 3. The second kappa shape index (κ2) is 7.04. The number of benzene rings is 2. The summed E-state index contributed by atoms with van der Waals surface area (Å²) < 4.78 is 38.7. The normalized spacial score (nSPS) is 10.5. The van der Waals surface area contributed by atoms with Gasteiger partial charge in [0, 0.05) is 0 Å². The van der Waals surface area contributed by atoms with Crippen LogP contribution in [-0.4, -0.2) is 13.2 Å². The van der Waals surface area contributed by atoms with E-state index in [9.17, 15) is 8.78 Å². The third-order valence-corrected chi connectivity index (χ3v) is 2.85. The molecule has 5 heteroatoms. The molecule has 0 saturated carbocycles. The molecule has 0 unspecified atom stereocenters. The van der Waals surface area contributed by atoms with Gasteiger partial charge < -0.3 is 15.2 Å². The van der Waals surface area contributed by atoms with E-state index >= 15 is 0 Å². The monoisotopic (exact) mass is 293 g/mol. The van der Waals surface area contributed by atoms with E-state index in [-0.39, 0.29) is 5.75 Å². The average molecular weight is 293 g/mol. The molecule has 0 bridgehead atoms. The first-order valence-corrected chi connectivity index (χ1v) is 6.73. The highest BCUT2D eigenvalue weighted by atomic mass is 19.1. The molecule has 2 rings (SSSR count). The van der Waals surface area contributed by atoms with Gasteiger partial charge in [0.1, 0.15) is 0 Å². The minimum atomic E-state index is -0.759. The highest BCUT2D eigenvalue weighted by Gasteiger charge is 2.15. The smallest absolute Gasteiger partial charge is 0.198 e. The van der Waals surface area contributed by atoms with E-state index in [1.54, 1.807) is 24.3 Å². The lowest BCUT2D eigenvalue weighted by Gasteiger charge is -2.13. The third-order valence-electron chi connectivity index (χ3n) is 2.85. The van der Waals surface area contributed by atoms with Crippen molar-refractivity contribution in [2.75, 3.05) is 13.2 Å². The summed E-state index contributed by atoms with van der Waals surface area (Å²) in [5.74, 6) is -1.26. The zero-order valence-corrected chi connectivity index (χ0v) is 11.7. The predicted molar refractivity (Wildman–Crippen MR) is 76.8 cm³/mol. The van der Waals surface area contributed by atoms with Gasteiger partial charge in [-0.15, -0.1) is 0 Å². The standard InChI is InChI=1S/C16H17F2NO2/c1-2-20-14-5-3-4-6-15(14)21-16-12(17)9-11(7-8-19)10-13(16)18/h3-6,9-10H,2,7-8,19H2,1H3. The Kier molecular flexibility index (Phi) is 5.11. The lowest BCUT2D eigenvalue weighted by Crippen LogP contribution is -2.04. The molecule has 21 heavy (non-hydrogen) atoms. The van der Waals surface area contributed by atoms with Gasteiger partial charge in [-0.1, -0.05) is 12.1 Å². The SMILES string of the molecule is CCOc1ccccc1Oc1c(F)cc(CCN)cc1F. The molecule has 2 N–H and O–H groups in total. The van der Waals surface area contributed by atoms with Crippen molar-refractivity contribution in [1.29, 1.82) is 0 Å². The van der Waals surface area contributed by atoms with Gasteiger partial charge in [-0.2, -0.15) is 0 Å². The fourth-order valence-electron chi connectivity index (χ4n) is 1.94. The molecule has 0 saturated heterocycles. The van der Waals surface area contributed by atoms with E-state index in [4.69, 9.17) is 15.2 Å². The Morgan fingerprint density at radius 3 is 2.24 bits per heavy atom. The largest absolute Gasteiger partial charge is 0.490 e. The third kappa shape index (κ3) is 3.70. The molecule has 3 nitrogen and oxygen atoms in total. The van der Waals surface area contributed by atoms with E-state index in [0.717, 1.165) is 0 Å². The van der Waals surface area contributed by atoms with Gasteiger partial charge in [-0.25, -0.2) is 8.78 Å². The fourth-order valence-corrected chi connectivity index (χ4v) is 1.94. The van der Waals surface area contributed by atoms with Crippen molar-refractivity contribution in [3.63, 3.8) is 0 Å². The molecule has 0 amide bonds. The van der Waals surface area contributed by atoms with Crippen LogP contribution in [0.3, 0.4) is 0 Å². The molecule has 0 aromatic heterocycles. The molecule has 0 heterocycles. The quantitative estimate of drug-likeness (QED) is 0.884. The van der Waals surface area contributed by atoms with Crippen LogP contribution in [0.5, 0.6) is 17.2 Å². The lowest BCUT2D eigenvalue weighted by atomic mass is 10.1. The molecule has 0 atom stereocenters. The molecule has 0 fully saturated rings. The minimum Gasteiger partial charge on any atom is -0.490 e. The summed E-state index contributed by atoms with van der Waals surface area (Å²) in [4.78, 5) is 0. The Hall–Kier alpha value is -2.14. The van der Waals surface area contributed by atoms with Crippen molar-refractivity contribution >= 4 is 0 Å². The Balaban J connectivity index is 2.31. The average Bonchev–Trinajstić information content (AvgIpc) is 2.45. The van der Waals surface area contributed by atoms with Crippen LogP contribution in [0.25, 0.3) is 0 Å². The number of rotatable bonds is 6. The van der Waals surface area contributed by atoms with Crippen molar-refractivity contribution in [3.8, 4) is 17.2 Å². The first-order chi connectivity index (χ1) is 10.2. The van der Waals surface area contributed by atoms with E-state index in [1.807, 2.05) is 6.92 Å².